The van der Waals surface area contributed by atoms with Crippen LogP contribution in [0, 0.1) is 11.3 Å². The van der Waals surface area contributed by atoms with E-state index in [-0.39, 0.29) is 52.8 Å². The second kappa shape index (κ2) is 17.3. The molecule has 4 saturated heterocycles. The standard InChI is InChI=1S/C44H51F2N11O7/c45-38(46)37-32(49-40(59)30-19-48-55-17-13-34(50-39(30)55)54-22-44(23-54)24-63-25-44)21-56(52-37)27-7-5-26(6-8-27)20-53-15-11-28(12-16-53)64-18-2-14-47-31-4-1-3-29-36(31)43(62)57(42(29)61)33-9-10-35(58)51-41(33)60/h1,3-4,13,17,19,21,26-28,33,38,47H,2,5-12,14-16,18,20,22-25H2,(H,49,59)(H,51,58,60)/t26-,27-,33?. The van der Waals surface area contributed by atoms with E-state index in [4.69, 9.17) is 14.5 Å². The number of hydrogen-bond acceptors (Lipinski definition) is 13. The Morgan fingerprint density at radius 3 is 2.52 bits per heavy atom. The van der Waals surface area contributed by atoms with Crippen LogP contribution < -0.4 is 20.9 Å². The number of anilines is 3. The van der Waals surface area contributed by atoms with E-state index in [0.717, 1.165) is 95.2 Å². The van der Waals surface area contributed by atoms with Crippen LogP contribution in [0.1, 0.15) is 107 Å². The number of carbonyl (C=O) groups excluding carboxylic acids is 5. The number of amides is 5. The minimum atomic E-state index is -2.86. The lowest BCUT2D eigenvalue weighted by molar-refractivity contribution is -0.136. The maximum absolute atomic E-state index is 14.3. The first-order valence-electron chi connectivity index (χ1n) is 22.3. The Morgan fingerprint density at radius 2 is 1.78 bits per heavy atom. The highest BCUT2D eigenvalue weighted by Gasteiger charge is 2.50. The lowest BCUT2D eigenvalue weighted by Crippen LogP contribution is -2.66. The molecule has 338 valence electrons. The zero-order valence-electron chi connectivity index (χ0n) is 35.3. The highest BCUT2D eigenvalue weighted by Crippen LogP contribution is 2.40. The van der Waals surface area contributed by atoms with Gasteiger partial charge in [-0.15, -0.1) is 0 Å². The summed E-state index contributed by atoms with van der Waals surface area (Å²) >= 11 is 0. The van der Waals surface area contributed by atoms with Crippen molar-refractivity contribution in [3.05, 3.63) is 65.2 Å². The Balaban J connectivity index is 0.653. The van der Waals surface area contributed by atoms with Crippen LogP contribution in [-0.2, 0) is 19.1 Å². The maximum atomic E-state index is 14.3. The van der Waals surface area contributed by atoms with E-state index < -0.39 is 47.7 Å². The fourth-order valence-corrected chi connectivity index (χ4v) is 10.2. The van der Waals surface area contributed by atoms with Crippen LogP contribution in [0.3, 0.4) is 0 Å². The fourth-order valence-electron chi connectivity index (χ4n) is 10.2. The molecule has 4 aromatic rings. The Bertz CT molecular complexity index is 2470. The van der Waals surface area contributed by atoms with Gasteiger partial charge in [0.15, 0.2) is 11.3 Å². The van der Waals surface area contributed by atoms with Crippen LogP contribution in [0.25, 0.3) is 5.65 Å². The number of carbonyl (C=O) groups is 5. The van der Waals surface area contributed by atoms with Crippen LogP contribution >= 0.6 is 0 Å². The van der Waals surface area contributed by atoms with Crippen LogP contribution in [-0.4, -0.2) is 135 Å². The van der Waals surface area contributed by atoms with Gasteiger partial charge in [0, 0.05) is 70.4 Å². The molecule has 1 spiro atoms. The van der Waals surface area contributed by atoms with Crippen LogP contribution in [0.4, 0.5) is 26.0 Å². The van der Waals surface area contributed by atoms with E-state index in [2.05, 4.69) is 35.9 Å². The highest BCUT2D eigenvalue weighted by atomic mass is 19.3. The number of nitrogens with zero attached hydrogens (tertiary/aromatic N) is 8. The zero-order valence-corrected chi connectivity index (χ0v) is 35.3. The number of fused-ring (bicyclic) bond motifs is 2. The van der Waals surface area contributed by atoms with E-state index in [1.807, 2.05) is 6.07 Å². The number of halogens is 2. The van der Waals surface area contributed by atoms with Crippen LogP contribution in [0.15, 0.2) is 42.9 Å². The highest BCUT2D eigenvalue weighted by molar-refractivity contribution is 6.25. The number of alkyl halides is 2. The fraction of sp³-hybridized carbons (Fsp3) is 0.545. The van der Waals surface area contributed by atoms with Crippen molar-refractivity contribution in [1.82, 2.24) is 39.5 Å². The van der Waals surface area contributed by atoms with Crippen molar-refractivity contribution >= 4 is 52.4 Å². The molecule has 8 heterocycles. The van der Waals surface area contributed by atoms with Gasteiger partial charge in [-0.25, -0.2) is 18.3 Å². The minimum absolute atomic E-state index is 0.0118. The van der Waals surface area contributed by atoms with Crippen LogP contribution in [0.5, 0.6) is 0 Å². The molecule has 1 unspecified atom stereocenters. The molecule has 1 saturated carbocycles. The summed E-state index contributed by atoms with van der Waals surface area (Å²) in [6, 6.07) is 5.81. The molecule has 6 aliphatic rings. The monoisotopic (exact) mass is 883 g/mol. The molecule has 1 aromatic carbocycles. The molecule has 1 aliphatic carbocycles. The number of benzene rings is 1. The first kappa shape index (κ1) is 42.1. The molecular weight excluding hydrogens is 833 g/mol. The average molecular weight is 884 g/mol. The Hall–Kier alpha value is -5.86. The van der Waals surface area contributed by atoms with Gasteiger partial charge in [0.05, 0.1) is 53.8 Å². The number of imide groups is 2. The van der Waals surface area contributed by atoms with Gasteiger partial charge in [-0.2, -0.15) is 10.2 Å². The smallest absolute Gasteiger partial charge is 0.284 e. The molecule has 18 nitrogen and oxygen atoms in total. The van der Waals surface area contributed by atoms with Crippen molar-refractivity contribution in [2.45, 2.75) is 82.4 Å². The van der Waals surface area contributed by atoms with Gasteiger partial charge in [-0.3, -0.25) is 38.9 Å². The van der Waals surface area contributed by atoms with Gasteiger partial charge in [0.1, 0.15) is 17.4 Å². The van der Waals surface area contributed by atoms with Crippen molar-refractivity contribution in [1.29, 1.82) is 0 Å². The molecular formula is C44H51F2N11O7. The Labute approximate surface area is 367 Å². The van der Waals surface area contributed by atoms with E-state index >= 15 is 0 Å². The summed E-state index contributed by atoms with van der Waals surface area (Å²) in [5.41, 5.74) is 1.27. The SMILES string of the molecule is O=C1CCC(N2C(=O)c3cccc(NCCCOC4CCN(C[C@H]5CC[C@H](n6cc(NC(=O)c7cnn8ccc(N9CC%10(COC%10)C9)nc78)c(C(F)F)n6)CC5)CC4)c3C2=O)C(=O)N1. The third-order valence-electron chi connectivity index (χ3n) is 13.7. The van der Waals surface area contributed by atoms with Crippen molar-refractivity contribution < 1.29 is 42.2 Å². The van der Waals surface area contributed by atoms with Gasteiger partial charge < -0.3 is 29.9 Å². The number of aromatic nitrogens is 5. The quantitative estimate of drug-likeness (QED) is 0.121. The molecule has 0 bridgehead atoms. The third-order valence-corrected chi connectivity index (χ3v) is 13.7. The molecule has 3 aromatic heterocycles. The van der Waals surface area contributed by atoms with E-state index in [0.29, 0.717) is 36.8 Å². The predicted octanol–water partition coefficient (Wildman–Crippen LogP) is 4.07. The number of ether oxygens (including phenoxy) is 2. The summed E-state index contributed by atoms with van der Waals surface area (Å²) in [5.74, 6) is -1.49. The number of rotatable bonds is 14. The van der Waals surface area contributed by atoms with E-state index in [1.165, 1.54) is 16.9 Å². The molecule has 20 heteroatoms. The van der Waals surface area contributed by atoms with Crippen molar-refractivity contribution in [2.75, 3.05) is 74.6 Å². The summed E-state index contributed by atoms with van der Waals surface area (Å²) < 4.78 is 43.3. The topological polar surface area (TPSA) is 198 Å². The first-order valence-corrected chi connectivity index (χ1v) is 22.3. The van der Waals surface area contributed by atoms with E-state index in [9.17, 15) is 32.8 Å². The van der Waals surface area contributed by atoms with Gasteiger partial charge in [-0.05, 0) is 75.5 Å². The van der Waals surface area contributed by atoms with Gasteiger partial charge in [-0.1, -0.05) is 6.07 Å². The van der Waals surface area contributed by atoms with Crippen molar-refractivity contribution in [2.24, 2.45) is 11.3 Å². The van der Waals surface area contributed by atoms with Crippen molar-refractivity contribution in [3.63, 3.8) is 0 Å². The molecule has 10 rings (SSSR count). The second-order valence-electron chi connectivity index (χ2n) is 18.1. The van der Waals surface area contributed by atoms with Crippen molar-refractivity contribution in [3.8, 4) is 0 Å². The lowest BCUT2D eigenvalue weighted by atomic mass is 9.78. The Kier molecular flexibility index (Phi) is 11.4. The summed E-state index contributed by atoms with van der Waals surface area (Å²) in [7, 11) is 0. The van der Waals surface area contributed by atoms with Crippen LogP contribution in [0.2, 0.25) is 0 Å². The number of hydrogen-bond donors (Lipinski definition) is 3. The zero-order chi connectivity index (χ0) is 44.1. The molecule has 0 radical (unpaired) electrons. The van der Waals surface area contributed by atoms with E-state index in [1.54, 1.807) is 29.1 Å². The first-order chi connectivity index (χ1) is 31.0. The molecule has 5 fully saturated rings. The molecule has 5 aliphatic heterocycles. The normalized spacial score (nSPS) is 23.7. The predicted molar refractivity (Wildman–Crippen MR) is 226 cm³/mol. The third kappa shape index (κ3) is 8.10. The summed E-state index contributed by atoms with van der Waals surface area (Å²) in [5, 5.41) is 16.7. The summed E-state index contributed by atoms with van der Waals surface area (Å²) in [6.45, 7) is 7.03. The average Bonchev–Trinajstić information content (AvgIpc) is 3.95. The summed E-state index contributed by atoms with van der Waals surface area (Å²) in [6.07, 6.45) is 8.14. The number of nitrogens with one attached hydrogen (secondary N) is 3. The Morgan fingerprint density at radius 1 is 0.984 bits per heavy atom. The lowest BCUT2D eigenvalue weighted by Gasteiger charge is -2.55. The maximum Gasteiger partial charge on any atom is 0.284 e. The number of likely N-dealkylation sites (tertiary alicyclic amines) is 1. The molecule has 3 N–H and O–H groups in total. The van der Waals surface area contributed by atoms with Gasteiger partial charge >= 0.3 is 0 Å². The molecule has 64 heavy (non-hydrogen) atoms. The molecule has 5 amide bonds. The summed E-state index contributed by atoms with van der Waals surface area (Å²) in [4.78, 5) is 74.4. The van der Waals surface area contributed by atoms with Gasteiger partial charge in [0.2, 0.25) is 11.8 Å². The second-order valence-corrected chi connectivity index (χ2v) is 18.1. The number of piperidine rings is 2. The van der Waals surface area contributed by atoms with Gasteiger partial charge in [0.25, 0.3) is 24.1 Å². The molecule has 1 atom stereocenters. The minimum Gasteiger partial charge on any atom is -0.384 e. The largest absolute Gasteiger partial charge is 0.384 e.